The van der Waals surface area contributed by atoms with Gasteiger partial charge in [0, 0.05) is 81.7 Å². The molecule has 1 atom stereocenters. The van der Waals surface area contributed by atoms with Gasteiger partial charge in [0.1, 0.15) is 24.8 Å². The molecule has 1 aliphatic heterocycles. The maximum Gasteiger partial charge on any atom is 0.392 e. The maximum atomic E-state index is 14.1. The minimum absolute atomic E-state index is 0.0344. The summed E-state index contributed by atoms with van der Waals surface area (Å²) in [6.07, 6.45) is -2.69. The molecule has 0 aliphatic carbocycles. The quantitative estimate of drug-likeness (QED) is 0.0212. The number of hydrogen-bond acceptors (Lipinski definition) is 10. The number of hydrogen-bond donors (Lipinski definition) is 2. The number of carbonyl (C=O) groups is 2. The number of carboxylic acid groups (broad SMARTS) is 1. The van der Waals surface area contributed by atoms with Crippen LogP contribution in [-0.4, -0.2) is 113 Å². The van der Waals surface area contributed by atoms with Crippen molar-refractivity contribution >= 4 is 47.3 Å². The molecule has 20 heteroatoms. The van der Waals surface area contributed by atoms with Crippen molar-refractivity contribution in [3.63, 3.8) is 0 Å². The first-order valence-electron chi connectivity index (χ1n) is 20.4. The SMILES string of the molecule is C=C/C=C(/CN(CCN1CCC(F)(F)CC1)C(=O)Cc1ccc(OCc2ccnc(OCCC(F)(F)F)n2)c(C[C@@H](OC(=C)/N=C\N(C)Cc2cc(F)ccc2C(=C)S)C(=O)O)c1)C(=C)Cl. The first-order chi connectivity index (χ1) is 31.1. The monoisotopic (exact) mass is 964 g/mol. The van der Waals surface area contributed by atoms with Gasteiger partial charge in [-0.05, 0) is 58.7 Å². The number of carbonyl (C=O) groups excluding carboxylic acids is 1. The molecule has 0 bridgehead atoms. The van der Waals surface area contributed by atoms with Crippen LogP contribution in [0.5, 0.6) is 11.8 Å². The number of ether oxygens (including phenoxy) is 3. The normalized spacial score (nSPS) is 14.6. The molecule has 356 valence electrons. The molecule has 1 N–H and O–H groups in total. The van der Waals surface area contributed by atoms with Crippen molar-refractivity contribution in [1.29, 1.82) is 0 Å². The van der Waals surface area contributed by atoms with E-state index in [-0.39, 0.29) is 105 Å². The van der Waals surface area contributed by atoms with Crippen LogP contribution in [0.15, 0.2) is 109 Å². The van der Waals surface area contributed by atoms with E-state index < -0.39 is 43.0 Å². The third kappa shape index (κ3) is 17.9. The zero-order valence-electron chi connectivity index (χ0n) is 36.2. The first-order valence-corrected chi connectivity index (χ1v) is 21.2. The number of benzene rings is 2. The highest BCUT2D eigenvalue weighted by atomic mass is 35.5. The number of alkyl halides is 5. The van der Waals surface area contributed by atoms with Crippen molar-refractivity contribution in [3.8, 4) is 11.8 Å². The van der Waals surface area contributed by atoms with E-state index in [1.807, 2.05) is 4.90 Å². The molecule has 1 fully saturated rings. The Hall–Kier alpha value is -5.79. The Morgan fingerprint density at radius 2 is 1.82 bits per heavy atom. The van der Waals surface area contributed by atoms with Crippen LogP contribution in [0, 0.1) is 5.82 Å². The molecule has 0 saturated carbocycles. The number of likely N-dealkylation sites (tertiary alicyclic amines) is 1. The van der Waals surface area contributed by atoms with Crippen LogP contribution in [0.25, 0.3) is 4.91 Å². The third-order valence-corrected chi connectivity index (χ3v) is 10.5. The van der Waals surface area contributed by atoms with Crippen molar-refractivity contribution in [1.82, 2.24) is 24.7 Å². The number of aromatic nitrogens is 2. The van der Waals surface area contributed by atoms with Gasteiger partial charge in [-0.1, -0.05) is 61.7 Å². The zero-order valence-corrected chi connectivity index (χ0v) is 37.9. The lowest BCUT2D eigenvalue weighted by molar-refractivity contribution is -0.147. The van der Waals surface area contributed by atoms with E-state index in [1.54, 1.807) is 36.2 Å². The van der Waals surface area contributed by atoms with Crippen molar-refractivity contribution in [2.24, 2.45) is 4.99 Å². The van der Waals surface area contributed by atoms with Gasteiger partial charge < -0.3 is 34.0 Å². The molecule has 0 unspecified atom stereocenters. The number of piperidine rings is 1. The van der Waals surface area contributed by atoms with Gasteiger partial charge in [0.15, 0.2) is 0 Å². The van der Waals surface area contributed by atoms with Gasteiger partial charge in [-0.3, -0.25) is 4.79 Å². The molecule has 0 spiro atoms. The van der Waals surface area contributed by atoms with Gasteiger partial charge in [0.25, 0.3) is 5.92 Å². The predicted molar refractivity (Wildman–Crippen MR) is 243 cm³/mol. The van der Waals surface area contributed by atoms with Crippen LogP contribution < -0.4 is 9.47 Å². The molecule has 3 aromatic rings. The summed E-state index contributed by atoms with van der Waals surface area (Å²) in [5, 5.41) is 10.5. The van der Waals surface area contributed by atoms with Gasteiger partial charge in [-0.2, -0.15) is 18.2 Å². The van der Waals surface area contributed by atoms with Crippen LogP contribution in [0.1, 0.15) is 47.2 Å². The van der Waals surface area contributed by atoms with Crippen LogP contribution in [0.2, 0.25) is 0 Å². The largest absolute Gasteiger partial charge is 0.487 e. The van der Waals surface area contributed by atoms with Crippen molar-refractivity contribution in [2.75, 3.05) is 46.4 Å². The molecule has 1 aliphatic rings. The Kier molecular flexibility index (Phi) is 19.7. The minimum Gasteiger partial charge on any atom is -0.487 e. The van der Waals surface area contributed by atoms with E-state index >= 15 is 0 Å². The molecule has 0 radical (unpaired) electrons. The summed E-state index contributed by atoms with van der Waals surface area (Å²) < 4.78 is 96.7. The first kappa shape index (κ1) is 52.8. The molecular formula is C46H51ClF6N6O6S. The Bertz CT molecular complexity index is 2290. The maximum absolute atomic E-state index is 14.1. The average Bonchev–Trinajstić information content (AvgIpc) is 3.23. The fourth-order valence-corrected chi connectivity index (χ4v) is 6.86. The molecule has 1 saturated heterocycles. The average molecular weight is 965 g/mol. The number of rotatable bonds is 25. The number of amides is 1. The smallest absolute Gasteiger partial charge is 0.392 e. The van der Waals surface area contributed by atoms with E-state index in [1.165, 1.54) is 47.8 Å². The molecule has 4 rings (SSSR count). The van der Waals surface area contributed by atoms with Crippen LogP contribution in [-0.2, 0) is 40.3 Å². The summed E-state index contributed by atoms with van der Waals surface area (Å²) in [7, 11) is 1.64. The van der Waals surface area contributed by atoms with E-state index in [0.29, 0.717) is 33.7 Å². The second-order valence-electron chi connectivity index (χ2n) is 15.2. The summed E-state index contributed by atoms with van der Waals surface area (Å²) in [5.41, 5.74) is 2.61. The molecule has 1 amide bonds. The minimum atomic E-state index is -4.45. The van der Waals surface area contributed by atoms with Gasteiger partial charge >= 0.3 is 18.2 Å². The molecular weight excluding hydrogens is 914 g/mol. The summed E-state index contributed by atoms with van der Waals surface area (Å²) in [5.74, 6) is -5.11. The van der Waals surface area contributed by atoms with E-state index in [4.69, 9.17) is 25.8 Å². The second kappa shape index (κ2) is 24.7. The summed E-state index contributed by atoms with van der Waals surface area (Å²) in [4.78, 5) is 44.2. The summed E-state index contributed by atoms with van der Waals surface area (Å²) in [6.45, 7) is 15.1. The standard InChI is InChI=1S/C46H51ClF6N6O6S/c1-6-7-34(30(2)47)27-59(20-19-58-17-13-45(49,50)14-18-58)42(60)23-33-8-11-40(64-28-38-12-16-54-44(56-38)63-21-15-46(51,52)53)35(22-33)25-41(43(61)62)65-32(4)55-29-57(5)26-36-24-37(48)9-10-39(36)31(3)66/h6-12,16,22,24,29,41,66H,1-4,13-15,17-21,23,25-28H2,5H3,(H,61,62)/b34-7-,55-29-/t41-/m1/s1. The molecule has 2 aromatic carbocycles. The lowest BCUT2D eigenvalue weighted by atomic mass is 10.0. The molecule has 12 nitrogen and oxygen atoms in total. The topological polar surface area (TPSA) is 130 Å². The van der Waals surface area contributed by atoms with Crippen molar-refractivity contribution in [2.45, 2.75) is 63.5 Å². The Morgan fingerprint density at radius 1 is 1.09 bits per heavy atom. The number of thiol groups is 1. The van der Waals surface area contributed by atoms with E-state index in [2.05, 4.69) is 53.9 Å². The lowest BCUT2D eigenvalue weighted by Gasteiger charge is -2.33. The number of aliphatic imine (C=N–C) groups is 1. The highest BCUT2D eigenvalue weighted by molar-refractivity contribution is 7.90. The Balaban J connectivity index is 1.58. The fourth-order valence-electron chi connectivity index (χ4n) is 6.52. The zero-order chi connectivity index (χ0) is 48.6. The molecule has 1 aromatic heterocycles. The van der Waals surface area contributed by atoms with Crippen LogP contribution in [0.3, 0.4) is 0 Å². The van der Waals surface area contributed by atoms with Crippen LogP contribution in [0.4, 0.5) is 26.3 Å². The summed E-state index contributed by atoms with van der Waals surface area (Å²) >= 11 is 10.5. The van der Waals surface area contributed by atoms with Gasteiger partial charge in [0.05, 0.1) is 24.9 Å². The Morgan fingerprint density at radius 3 is 2.47 bits per heavy atom. The van der Waals surface area contributed by atoms with Gasteiger partial charge in [-0.15, -0.1) is 12.6 Å². The van der Waals surface area contributed by atoms with Crippen molar-refractivity contribution in [3.05, 3.63) is 137 Å². The van der Waals surface area contributed by atoms with Gasteiger partial charge in [-0.25, -0.2) is 27.9 Å². The Labute approximate surface area is 390 Å². The predicted octanol–water partition coefficient (Wildman–Crippen LogP) is 9.04. The summed E-state index contributed by atoms with van der Waals surface area (Å²) in [6, 6.07) is 9.98. The number of halogens is 7. The van der Waals surface area contributed by atoms with Crippen molar-refractivity contribution < 1.29 is 55.2 Å². The highest BCUT2D eigenvalue weighted by Crippen LogP contribution is 2.29. The van der Waals surface area contributed by atoms with Gasteiger partial charge in [0.2, 0.25) is 17.9 Å². The van der Waals surface area contributed by atoms with E-state index in [0.717, 1.165) is 0 Å². The number of aliphatic carboxylic acids is 1. The number of carboxylic acids is 1. The molecule has 2 heterocycles. The number of nitrogens with zero attached hydrogens (tertiary/aromatic N) is 6. The fraction of sp³-hybridized carbons (Fsp3) is 0.370. The molecule has 66 heavy (non-hydrogen) atoms. The third-order valence-electron chi connectivity index (χ3n) is 9.97. The van der Waals surface area contributed by atoms with E-state index in [9.17, 15) is 41.0 Å². The highest BCUT2D eigenvalue weighted by Gasteiger charge is 2.34. The second-order valence-corrected chi connectivity index (χ2v) is 16.2. The number of allylic oxidation sites excluding steroid dienone is 2. The van der Waals surface area contributed by atoms with Crippen LogP contribution >= 0.6 is 24.2 Å². The lowest BCUT2D eigenvalue weighted by Crippen LogP contribution is -2.45.